The van der Waals surface area contributed by atoms with Crippen molar-refractivity contribution in [3.05, 3.63) is 60.2 Å². The van der Waals surface area contributed by atoms with Gasteiger partial charge in [0, 0.05) is 5.56 Å². The number of para-hydroxylation sites is 1. The van der Waals surface area contributed by atoms with Crippen molar-refractivity contribution in [3.8, 4) is 11.5 Å². The van der Waals surface area contributed by atoms with Gasteiger partial charge in [-0.05, 0) is 48.7 Å². The molecule has 0 fully saturated rings. The maximum atomic E-state index is 12.2. The van der Waals surface area contributed by atoms with Gasteiger partial charge >= 0.3 is 0 Å². The number of aldehydes is 1. The third kappa shape index (κ3) is 5.25. The van der Waals surface area contributed by atoms with Gasteiger partial charge in [-0.3, -0.25) is 4.79 Å². The van der Waals surface area contributed by atoms with Crippen molar-refractivity contribution in [1.29, 1.82) is 0 Å². The largest absolute Gasteiger partial charge is 0.457 e. The van der Waals surface area contributed by atoms with E-state index in [4.69, 9.17) is 4.74 Å². The topological polar surface area (TPSA) is 55.4 Å². The fourth-order valence-electron chi connectivity index (χ4n) is 2.21. The van der Waals surface area contributed by atoms with Crippen molar-refractivity contribution < 1.29 is 14.3 Å². The first-order valence-corrected chi connectivity index (χ1v) is 7.67. The van der Waals surface area contributed by atoms with Gasteiger partial charge in [-0.1, -0.05) is 32.0 Å². The van der Waals surface area contributed by atoms with Crippen LogP contribution in [-0.2, 0) is 4.79 Å². The lowest BCUT2D eigenvalue weighted by Crippen LogP contribution is -2.36. The minimum Gasteiger partial charge on any atom is -0.457 e. The van der Waals surface area contributed by atoms with Gasteiger partial charge < -0.3 is 14.8 Å². The van der Waals surface area contributed by atoms with E-state index >= 15 is 0 Å². The number of rotatable bonds is 7. The van der Waals surface area contributed by atoms with Crippen molar-refractivity contribution in [2.75, 3.05) is 0 Å². The van der Waals surface area contributed by atoms with Crippen LogP contribution >= 0.6 is 0 Å². The maximum Gasteiger partial charge on any atom is 0.251 e. The van der Waals surface area contributed by atoms with E-state index in [0.717, 1.165) is 12.0 Å². The molecule has 0 spiro atoms. The number of carbonyl (C=O) groups is 2. The normalized spacial score (nSPS) is 11.8. The Morgan fingerprint density at radius 2 is 1.65 bits per heavy atom. The lowest BCUT2D eigenvalue weighted by atomic mass is 10.0. The van der Waals surface area contributed by atoms with Crippen LogP contribution in [0.1, 0.15) is 30.6 Å². The Morgan fingerprint density at radius 3 is 2.22 bits per heavy atom. The third-order valence-corrected chi connectivity index (χ3v) is 3.30. The molecule has 0 radical (unpaired) electrons. The maximum absolute atomic E-state index is 12.2. The summed E-state index contributed by atoms with van der Waals surface area (Å²) in [7, 11) is 0. The molecule has 23 heavy (non-hydrogen) atoms. The molecule has 2 aromatic carbocycles. The first kappa shape index (κ1) is 16.7. The zero-order valence-electron chi connectivity index (χ0n) is 13.4. The molecule has 2 rings (SSSR count). The van der Waals surface area contributed by atoms with Crippen LogP contribution in [0, 0.1) is 5.92 Å². The molecule has 1 N–H and O–H groups in total. The minimum atomic E-state index is -0.456. The highest BCUT2D eigenvalue weighted by atomic mass is 16.5. The summed E-state index contributed by atoms with van der Waals surface area (Å²) in [6, 6.07) is 15.8. The summed E-state index contributed by atoms with van der Waals surface area (Å²) < 4.78 is 5.68. The lowest BCUT2D eigenvalue weighted by molar-refractivity contribution is -0.109. The van der Waals surface area contributed by atoms with Crippen LogP contribution in [0.2, 0.25) is 0 Å². The highest BCUT2D eigenvalue weighted by Gasteiger charge is 2.14. The second-order valence-corrected chi connectivity index (χ2v) is 5.79. The Hall–Kier alpha value is -2.62. The van der Waals surface area contributed by atoms with Gasteiger partial charge in [-0.15, -0.1) is 0 Å². The molecule has 1 atom stereocenters. The molecule has 0 aliphatic heterocycles. The van der Waals surface area contributed by atoms with E-state index in [-0.39, 0.29) is 5.91 Å². The molecule has 0 aliphatic rings. The smallest absolute Gasteiger partial charge is 0.251 e. The molecule has 4 heteroatoms. The predicted molar refractivity (Wildman–Crippen MR) is 89.7 cm³/mol. The van der Waals surface area contributed by atoms with Crippen LogP contribution in [-0.4, -0.2) is 18.2 Å². The SMILES string of the molecule is CC(C)C[C@@H](C=O)NC(=O)c1ccc(Oc2ccccc2)cc1. The molecule has 0 saturated heterocycles. The second kappa shape index (κ2) is 8.13. The number of hydrogen-bond donors (Lipinski definition) is 1. The first-order chi connectivity index (χ1) is 11.1. The second-order valence-electron chi connectivity index (χ2n) is 5.79. The van der Waals surface area contributed by atoms with E-state index < -0.39 is 6.04 Å². The molecule has 1 amide bonds. The summed E-state index contributed by atoms with van der Waals surface area (Å²) in [6.07, 6.45) is 1.41. The van der Waals surface area contributed by atoms with Crippen molar-refractivity contribution in [3.63, 3.8) is 0 Å². The highest BCUT2D eigenvalue weighted by molar-refractivity contribution is 5.95. The summed E-state index contributed by atoms with van der Waals surface area (Å²) in [5.41, 5.74) is 0.501. The highest BCUT2D eigenvalue weighted by Crippen LogP contribution is 2.21. The summed E-state index contributed by atoms with van der Waals surface area (Å²) in [5, 5.41) is 2.74. The van der Waals surface area contributed by atoms with Crippen molar-refractivity contribution in [2.45, 2.75) is 26.3 Å². The Balaban J connectivity index is 1.98. The van der Waals surface area contributed by atoms with E-state index in [1.54, 1.807) is 24.3 Å². The molecule has 4 nitrogen and oxygen atoms in total. The van der Waals surface area contributed by atoms with E-state index in [0.29, 0.717) is 23.7 Å². The fraction of sp³-hybridized carbons (Fsp3) is 0.263. The summed E-state index contributed by atoms with van der Waals surface area (Å²) >= 11 is 0. The fourth-order valence-corrected chi connectivity index (χ4v) is 2.21. The van der Waals surface area contributed by atoms with Crippen molar-refractivity contribution in [2.24, 2.45) is 5.92 Å². The Kier molecular flexibility index (Phi) is 5.92. The van der Waals surface area contributed by atoms with Crippen molar-refractivity contribution in [1.82, 2.24) is 5.32 Å². The van der Waals surface area contributed by atoms with Gasteiger partial charge in [0.05, 0.1) is 6.04 Å². The summed E-state index contributed by atoms with van der Waals surface area (Å²) in [5.74, 6) is 1.48. The lowest BCUT2D eigenvalue weighted by Gasteiger charge is -2.15. The molecule has 0 heterocycles. The van der Waals surface area contributed by atoms with Crippen LogP contribution in [0.3, 0.4) is 0 Å². The number of carbonyl (C=O) groups excluding carboxylic acids is 2. The number of nitrogens with one attached hydrogen (secondary N) is 1. The zero-order valence-corrected chi connectivity index (χ0v) is 13.4. The molecular weight excluding hydrogens is 290 g/mol. The standard InChI is InChI=1S/C19H21NO3/c1-14(2)12-16(13-21)20-19(22)15-8-10-18(11-9-15)23-17-6-4-3-5-7-17/h3-11,13-14,16H,12H2,1-2H3,(H,20,22)/t16-/m0/s1. The molecule has 0 saturated carbocycles. The predicted octanol–water partition coefficient (Wildman–Crippen LogP) is 3.82. The monoisotopic (exact) mass is 311 g/mol. The zero-order chi connectivity index (χ0) is 16.7. The molecule has 0 aliphatic carbocycles. The van der Waals surface area contributed by atoms with E-state index in [1.807, 2.05) is 44.2 Å². The van der Waals surface area contributed by atoms with Crippen LogP contribution in [0.4, 0.5) is 0 Å². The number of amides is 1. The first-order valence-electron chi connectivity index (χ1n) is 7.67. The molecule has 0 aromatic heterocycles. The Bertz CT molecular complexity index is 635. The number of hydrogen-bond acceptors (Lipinski definition) is 3. The van der Waals surface area contributed by atoms with Crippen LogP contribution in [0.15, 0.2) is 54.6 Å². The van der Waals surface area contributed by atoms with Gasteiger partial charge in [0.25, 0.3) is 5.91 Å². The summed E-state index contributed by atoms with van der Waals surface area (Å²) in [4.78, 5) is 23.2. The molecule has 0 bridgehead atoms. The van der Waals surface area contributed by atoms with Gasteiger partial charge in [0.15, 0.2) is 0 Å². The van der Waals surface area contributed by atoms with E-state index in [2.05, 4.69) is 5.32 Å². The quantitative estimate of drug-likeness (QED) is 0.791. The molecule has 120 valence electrons. The molecular formula is C19H21NO3. The number of ether oxygens (including phenoxy) is 1. The average Bonchev–Trinajstić information content (AvgIpc) is 2.55. The number of benzene rings is 2. The van der Waals surface area contributed by atoms with Crippen LogP contribution in [0.25, 0.3) is 0 Å². The van der Waals surface area contributed by atoms with Crippen molar-refractivity contribution >= 4 is 12.2 Å². The van der Waals surface area contributed by atoms with Gasteiger partial charge in [0.2, 0.25) is 0 Å². The van der Waals surface area contributed by atoms with E-state index in [9.17, 15) is 9.59 Å². The van der Waals surface area contributed by atoms with Gasteiger partial charge in [-0.2, -0.15) is 0 Å². The van der Waals surface area contributed by atoms with Gasteiger partial charge in [0.1, 0.15) is 17.8 Å². The molecule has 0 unspecified atom stereocenters. The third-order valence-electron chi connectivity index (χ3n) is 3.30. The Labute approximate surface area is 136 Å². The van der Waals surface area contributed by atoms with Crippen LogP contribution in [0.5, 0.6) is 11.5 Å². The summed E-state index contributed by atoms with van der Waals surface area (Å²) in [6.45, 7) is 4.02. The molecule has 2 aromatic rings. The Morgan fingerprint density at radius 1 is 1.04 bits per heavy atom. The van der Waals surface area contributed by atoms with Crippen LogP contribution < -0.4 is 10.1 Å². The van der Waals surface area contributed by atoms with Gasteiger partial charge in [-0.25, -0.2) is 0 Å². The minimum absolute atomic E-state index is 0.256. The average molecular weight is 311 g/mol. The van der Waals surface area contributed by atoms with E-state index in [1.165, 1.54) is 0 Å².